The minimum Gasteiger partial charge on any atom is -0.493 e. The largest absolute Gasteiger partial charge is 0.493 e. The van der Waals surface area contributed by atoms with Gasteiger partial charge in [-0.15, -0.1) is 0 Å². The van der Waals surface area contributed by atoms with Crippen molar-refractivity contribution < 1.29 is 19.0 Å². The Morgan fingerprint density at radius 1 is 1.19 bits per heavy atom. The van der Waals surface area contributed by atoms with Crippen molar-refractivity contribution in [2.45, 2.75) is 12.8 Å². The molecule has 2 rings (SSSR count). The van der Waals surface area contributed by atoms with E-state index in [2.05, 4.69) is 0 Å². The van der Waals surface area contributed by atoms with E-state index < -0.39 is 0 Å². The van der Waals surface area contributed by atoms with Gasteiger partial charge in [0.1, 0.15) is 0 Å². The first kappa shape index (κ1) is 10.8. The quantitative estimate of drug-likeness (QED) is 0.577. The molecule has 0 saturated heterocycles. The molecule has 0 amide bonds. The lowest BCUT2D eigenvalue weighted by Crippen LogP contribution is -2.11. The zero-order valence-corrected chi connectivity index (χ0v) is 9.36. The number of methoxy groups -OCH3 is 2. The molecule has 0 unspecified atom stereocenters. The van der Waals surface area contributed by atoms with Crippen LogP contribution in [0.5, 0.6) is 17.2 Å². The summed E-state index contributed by atoms with van der Waals surface area (Å²) in [5, 5.41) is 0. The van der Waals surface area contributed by atoms with Gasteiger partial charge in [0.2, 0.25) is 5.75 Å². The molecule has 4 heteroatoms. The number of carbonyl (C=O) groups is 1. The van der Waals surface area contributed by atoms with Crippen LogP contribution < -0.4 is 14.2 Å². The highest BCUT2D eigenvalue weighted by Gasteiger charge is 2.32. The highest BCUT2D eigenvalue weighted by molar-refractivity contribution is 5.79. The van der Waals surface area contributed by atoms with Crippen molar-refractivity contribution >= 4 is 5.97 Å². The summed E-state index contributed by atoms with van der Waals surface area (Å²) < 4.78 is 15.6. The van der Waals surface area contributed by atoms with E-state index in [1.165, 1.54) is 14.2 Å². The molecule has 1 fully saturated rings. The molecule has 1 aliphatic carbocycles. The van der Waals surface area contributed by atoms with Gasteiger partial charge in [0.25, 0.3) is 0 Å². The van der Waals surface area contributed by atoms with Crippen LogP contribution in [0.1, 0.15) is 12.8 Å². The summed E-state index contributed by atoms with van der Waals surface area (Å²) >= 11 is 0. The SMILES string of the molecule is COc1cccc(OC)c1OC(=O)C1CC1. The molecular weight excluding hydrogens is 208 g/mol. The predicted octanol–water partition coefficient (Wildman–Crippen LogP) is 2.02. The fourth-order valence-electron chi connectivity index (χ4n) is 1.42. The fourth-order valence-corrected chi connectivity index (χ4v) is 1.42. The van der Waals surface area contributed by atoms with E-state index in [0.717, 1.165) is 12.8 Å². The van der Waals surface area contributed by atoms with Crippen LogP contribution in [0, 0.1) is 5.92 Å². The van der Waals surface area contributed by atoms with Crippen molar-refractivity contribution in [1.29, 1.82) is 0 Å². The molecule has 0 aromatic heterocycles. The zero-order valence-electron chi connectivity index (χ0n) is 9.36. The van der Waals surface area contributed by atoms with Crippen LogP contribution in [-0.4, -0.2) is 20.2 Å². The Hall–Kier alpha value is -1.71. The third-order valence-corrected chi connectivity index (χ3v) is 2.50. The molecule has 0 bridgehead atoms. The monoisotopic (exact) mass is 222 g/mol. The molecule has 86 valence electrons. The standard InChI is InChI=1S/C12H14O4/c1-14-9-4-3-5-10(15-2)11(9)16-12(13)8-6-7-8/h3-5,8H,6-7H2,1-2H3. The van der Waals surface area contributed by atoms with E-state index in [1.54, 1.807) is 18.2 Å². The van der Waals surface area contributed by atoms with E-state index >= 15 is 0 Å². The average molecular weight is 222 g/mol. The Morgan fingerprint density at radius 3 is 2.19 bits per heavy atom. The first-order valence-electron chi connectivity index (χ1n) is 5.19. The van der Waals surface area contributed by atoms with Crippen LogP contribution in [0.3, 0.4) is 0 Å². The third kappa shape index (κ3) is 2.10. The van der Waals surface area contributed by atoms with Crippen LogP contribution in [0.4, 0.5) is 0 Å². The summed E-state index contributed by atoms with van der Waals surface area (Å²) in [7, 11) is 3.06. The van der Waals surface area contributed by atoms with Crippen molar-refractivity contribution in [2.24, 2.45) is 5.92 Å². The minimum absolute atomic E-state index is 0.0506. The van der Waals surface area contributed by atoms with Crippen molar-refractivity contribution in [3.8, 4) is 17.2 Å². The van der Waals surface area contributed by atoms with Crippen molar-refractivity contribution in [3.63, 3.8) is 0 Å². The lowest BCUT2D eigenvalue weighted by Gasteiger charge is -2.12. The molecule has 1 aromatic rings. The first-order valence-corrected chi connectivity index (χ1v) is 5.19. The van der Waals surface area contributed by atoms with Gasteiger partial charge in [0, 0.05) is 0 Å². The van der Waals surface area contributed by atoms with Gasteiger partial charge in [0.15, 0.2) is 11.5 Å². The van der Waals surface area contributed by atoms with E-state index in [0.29, 0.717) is 17.2 Å². The topological polar surface area (TPSA) is 44.8 Å². The van der Waals surface area contributed by atoms with E-state index in [1.807, 2.05) is 0 Å². The van der Waals surface area contributed by atoms with Gasteiger partial charge in [-0.3, -0.25) is 4.79 Å². The predicted molar refractivity (Wildman–Crippen MR) is 57.9 cm³/mol. The molecule has 0 atom stereocenters. The molecule has 0 radical (unpaired) electrons. The number of hydrogen-bond donors (Lipinski definition) is 0. The van der Waals surface area contributed by atoms with E-state index in [9.17, 15) is 4.79 Å². The molecule has 0 aliphatic heterocycles. The highest BCUT2D eigenvalue weighted by atomic mass is 16.6. The van der Waals surface area contributed by atoms with Crippen LogP contribution >= 0.6 is 0 Å². The van der Waals surface area contributed by atoms with E-state index in [-0.39, 0.29) is 11.9 Å². The lowest BCUT2D eigenvalue weighted by molar-refractivity contribution is -0.136. The Balaban J connectivity index is 2.24. The molecule has 4 nitrogen and oxygen atoms in total. The summed E-state index contributed by atoms with van der Waals surface area (Å²) in [5.74, 6) is 1.23. The van der Waals surface area contributed by atoms with Crippen molar-refractivity contribution in [2.75, 3.05) is 14.2 Å². The van der Waals surface area contributed by atoms with Gasteiger partial charge in [-0.2, -0.15) is 0 Å². The number of ether oxygens (including phenoxy) is 3. The van der Waals surface area contributed by atoms with Gasteiger partial charge in [-0.1, -0.05) is 6.07 Å². The summed E-state index contributed by atoms with van der Waals surface area (Å²) in [6.45, 7) is 0. The molecule has 1 saturated carbocycles. The van der Waals surface area contributed by atoms with E-state index in [4.69, 9.17) is 14.2 Å². The van der Waals surface area contributed by atoms with Gasteiger partial charge in [0.05, 0.1) is 20.1 Å². The number of rotatable bonds is 4. The molecule has 16 heavy (non-hydrogen) atoms. The molecule has 0 N–H and O–H groups in total. The van der Waals surface area contributed by atoms with Crippen LogP contribution in [0.2, 0.25) is 0 Å². The number of hydrogen-bond acceptors (Lipinski definition) is 4. The molecule has 0 heterocycles. The Kier molecular flexibility index (Phi) is 2.99. The van der Waals surface area contributed by atoms with Gasteiger partial charge >= 0.3 is 5.97 Å². The average Bonchev–Trinajstić information content (AvgIpc) is 3.13. The lowest BCUT2D eigenvalue weighted by atomic mass is 10.3. The summed E-state index contributed by atoms with van der Waals surface area (Å²) in [4.78, 5) is 11.6. The minimum atomic E-state index is -0.206. The maximum absolute atomic E-state index is 11.6. The van der Waals surface area contributed by atoms with Crippen LogP contribution in [-0.2, 0) is 4.79 Å². The second-order valence-electron chi connectivity index (χ2n) is 3.69. The van der Waals surface area contributed by atoms with Gasteiger partial charge in [-0.05, 0) is 25.0 Å². The van der Waals surface area contributed by atoms with Crippen molar-refractivity contribution in [1.82, 2.24) is 0 Å². The third-order valence-electron chi connectivity index (χ3n) is 2.50. The van der Waals surface area contributed by atoms with Crippen molar-refractivity contribution in [3.05, 3.63) is 18.2 Å². The molecule has 1 aromatic carbocycles. The smallest absolute Gasteiger partial charge is 0.314 e. The fraction of sp³-hybridized carbons (Fsp3) is 0.417. The summed E-state index contributed by atoms with van der Waals surface area (Å²) in [6, 6.07) is 5.25. The zero-order chi connectivity index (χ0) is 11.5. The first-order chi connectivity index (χ1) is 7.76. The number of benzene rings is 1. The molecule has 1 aliphatic rings. The molecule has 0 spiro atoms. The maximum atomic E-state index is 11.6. The van der Waals surface area contributed by atoms with Crippen LogP contribution in [0.15, 0.2) is 18.2 Å². The highest BCUT2D eigenvalue weighted by Crippen LogP contribution is 2.39. The summed E-state index contributed by atoms with van der Waals surface area (Å²) in [5.41, 5.74) is 0. The molecular formula is C12H14O4. The maximum Gasteiger partial charge on any atom is 0.314 e. The second-order valence-corrected chi connectivity index (χ2v) is 3.69. The number of carbonyl (C=O) groups excluding carboxylic acids is 1. The Morgan fingerprint density at radius 2 is 1.75 bits per heavy atom. The van der Waals surface area contributed by atoms with Crippen LogP contribution in [0.25, 0.3) is 0 Å². The number of para-hydroxylation sites is 1. The number of esters is 1. The Labute approximate surface area is 94.1 Å². The normalized spacial score (nSPS) is 14.4. The second kappa shape index (κ2) is 4.43. The summed E-state index contributed by atoms with van der Waals surface area (Å²) in [6.07, 6.45) is 1.83. The Bertz CT molecular complexity index is 374. The van der Waals surface area contributed by atoms with Gasteiger partial charge in [-0.25, -0.2) is 0 Å². The van der Waals surface area contributed by atoms with Gasteiger partial charge < -0.3 is 14.2 Å².